The van der Waals surface area contributed by atoms with Gasteiger partial charge < -0.3 is 4.98 Å². The standard InChI is InChI=1S/C26H35N3O2/c30-25-26(31)29(24-11-4-3-10-23(24)27-25)22-15-19-8-5-9-20(16-22)28(19)21-13-17-6-1-2-7-18(12-17)14-21/h3-4,10-11,17-22H,1-2,5-9,12-16H2,(H,27,30)/t17-,18+,19-,20+,21?,22?. The van der Waals surface area contributed by atoms with E-state index in [1.165, 1.54) is 64.2 Å². The highest BCUT2D eigenvalue weighted by atomic mass is 16.2. The van der Waals surface area contributed by atoms with Crippen LogP contribution in [0.25, 0.3) is 11.0 Å². The number of benzene rings is 1. The number of rotatable bonds is 2. The summed E-state index contributed by atoms with van der Waals surface area (Å²) in [7, 11) is 0. The monoisotopic (exact) mass is 421 g/mol. The molecule has 0 amide bonds. The van der Waals surface area contributed by atoms with E-state index in [2.05, 4.69) is 9.88 Å². The predicted octanol–water partition coefficient (Wildman–Crippen LogP) is 4.61. The van der Waals surface area contributed by atoms with Gasteiger partial charge in [-0.15, -0.1) is 0 Å². The first kappa shape index (κ1) is 19.8. The van der Waals surface area contributed by atoms with E-state index < -0.39 is 5.56 Å². The molecule has 1 aromatic carbocycles. The Kier molecular flexibility index (Phi) is 5.05. The molecule has 3 heterocycles. The van der Waals surface area contributed by atoms with Gasteiger partial charge in [0.2, 0.25) is 0 Å². The molecule has 2 aliphatic heterocycles. The van der Waals surface area contributed by atoms with Crippen LogP contribution in [0.4, 0.5) is 0 Å². The quantitative estimate of drug-likeness (QED) is 0.721. The van der Waals surface area contributed by atoms with Crippen LogP contribution in [0.1, 0.15) is 83.1 Å². The van der Waals surface area contributed by atoms with Crippen molar-refractivity contribution in [3.63, 3.8) is 0 Å². The van der Waals surface area contributed by atoms with Crippen LogP contribution in [0.2, 0.25) is 0 Å². The third-order valence-electron chi connectivity index (χ3n) is 8.97. The van der Waals surface area contributed by atoms with E-state index in [1.54, 1.807) is 0 Å². The Hall–Kier alpha value is -1.88. The lowest BCUT2D eigenvalue weighted by Gasteiger charge is -2.54. The maximum Gasteiger partial charge on any atom is 0.316 e. The maximum atomic E-state index is 13.0. The Balaban J connectivity index is 1.32. The summed E-state index contributed by atoms with van der Waals surface area (Å²) in [4.78, 5) is 31.1. The van der Waals surface area contributed by atoms with Crippen LogP contribution in [0, 0.1) is 11.8 Å². The molecule has 2 saturated heterocycles. The third-order valence-corrected chi connectivity index (χ3v) is 8.97. The van der Waals surface area contributed by atoms with E-state index >= 15 is 0 Å². The highest BCUT2D eigenvalue weighted by molar-refractivity contribution is 5.74. The largest absolute Gasteiger partial charge is 0.316 e. The van der Waals surface area contributed by atoms with Crippen LogP contribution < -0.4 is 11.1 Å². The number of nitrogens with one attached hydrogen (secondary N) is 1. The highest BCUT2D eigenvalue weighted by Crippen LogP contribution is 2.46. The molecule has 2 aliphatic carbocycles. The molecule has 2 saturated carbocycles. The summed E-state index contributed by atoms with van der Waals surface area (Å²) in [6.45, 7) is 0. The van der Waals surface area contributed by atoms with Gasteiger partial charge in [0.25, 0.3) is 0 Å². The Morgan fingerprint density at radius 1 is 0.710 bits per heavy atom. The molecule has 4 aliphatic rings. The molecule has 2 aromatic rings. The molecular weight excluding hydrogens is 386 g/mol. The number of nitrogens with zero attached hydrogens (tertiary/aromatic N) is 2. The summed E-state index contributed by atoms with van der Waals surface area (Å²) in [6.07, 6.45) is 15.8. The lowest BCUT2D eigenvalue weighted by molar-refractivity contribution is -0.0421. The third kappa shape index (κ3) is 3.49. The van der Waals surface area contributed by atoms with Gasteiger partial charge in [0, 0.05) is 24.2 Å². The first-order valence-corrected chi connectivity index (χ1v) is 12.7. The van der Waals surface area contributed by atoms with Crippen LogP contribution in [-0.2, 0) is 0 Å². The van der Waals surface area contributed by atoms with E-state index in [-0.39, 0.29) is 11.6 Å². The van der Waals surface area contributed by atoms with Gasteiger partial charge in [-0.3, -0.25) is 19.1 Å². The molecule has 31 heavy (non-hydrogen) atoms. The van der Waals surface area contributed by atoms with Crippen molar-refractivity contribution in [2.75, 3.05) is 0 Å². The van der Waals surface area contributed by atoms with Crippen molar-refractivity contribution in [1.82, 2.24) is 14.5 Å². The van der Waals surface area contributed by atoms with Crippen molar-refractivity contribution >= 4 is 11.0 Å². The van der Waals surface area contributed by atoms with Crippen molar-refractivity contribution in [3.05, 3.63) is 45.0 Å². The lowest BCUT2D eigenvalue weighted by atomic mass is 9.73. The number of H-pyrrole nitrogens is 1. The second kappa shape index (κ2) is 7.91. The van der Waals surface area contributed by atoms with Gasteiger partial charge in [-0.2, -0.15) is 0 Å². The van der Waals surface area contributed by atoms with Crippen LogP contribution in [-0.4, -0.2) is 32.6 Å². The first-order valence-electron chi connectivity index (χ1n) is 12.7. The van der Waals surface area contributed by atoms with Gasteiger partial charge in [-0.25, -0.2) is 0 Å². The fourth-order valence-electron chi connectivity index (χ4n) is 7.85. The van der Waals surface area contributed by atoms with E-state index in [9.17, 15) is 9.59 Å². The number of fused-ring (bicyclic) bond motifs is 5. The molecule has 4 bridgehead atoms. The zero-order chi connectivity index (χ0) is 20.9. The number of hydrogen-bond donors (Lipinski definition) is 1. The van der Waals surface area contributed by atoms with Crippen LogP contribution in [0.15, 0.2) is 33.9 Å². The summed E-state index contributed by atoms with van der Waals surface area (Å²) in [5.74, 6) is 1.87. The molecule has 6 atom stereocenters. The summed E-state index contributed by atoms with van der Waals surface area (Å²) in [5, 5.41) is 0. The van der Waals surface area contributed by atoms with Crippen molar-refractivity contribution in [3.8, 4) is 0 Å². The average Bonchev–Trinajstić information content (AvgIpc) is 2.93. The minimum atomic E-state index is -0.484. The minimum Gasteiger partial charge on any atom is -0.316 e. The van der Waals surface area contributed by atoms with Crippen molar-refractivity contribution in [1.29, 1.82) is 0 Å². The Morgan fingerprint density at radius 2 is 1.39 bits per heavy atom. The van der Waals surface area contributed by atoms with E-state index in [0.29, 0.717) is 12.1 Å². The van der Waals surface area contributed by atoms with Gasteiger partial charge in [0.05, 0.1) is 11.0 Å². The van der Waals surface area contributed by atoms with Crippen LogP contribution >= 0.6 is 0 Å². The highest BCUT2D eigenvalue weighted by Gasteiger charge is 2.45. The Morgan fingerprint density at radius 3 is 2.10 bits per heavy atom. The summed E-state index contributed by atoms with van der Waals surface area (Å²) < 4.78 is 1.84. The average molecular weight is 422 g/mol. The maximum absolute atomic E-state index is 13.0. The molecule has 5 nitrogen and oxygen atoms in total. The minimum absolute atomic E-state index is 0.136. The molecule has 166 valence electrons. The fourth-order valence-corrected chi connectivity index (χ4v) is 7.85. The Labute approximate surface area is 183 Å². The molecule has 6 rings (SSSR count). The number of para-hydroxylation sites is 2. The predicted molar refractivity (Wildman–Crippen MR) is 123 cm³/mol. The molecule has 2 unspecified atom stereocenters. The summed E-state index contributed by atoms with van der Waals surface area (Å²) in [6, 6.07) is 9.79. The second-order valence-corrected chi connectivity index (χ2v) is 10.8. The molecule has 0 radical (unpaired) electrons. The smallest absolute Gasteiger partial charge is 0.316 e. The molecule has 1 N–H and O–H groups in total. The van der Waals surface area contributed by atoms with E-state index in [4.69, 9.17) is 0 Å². The first-order chi connectivity index (χ1) is 15.2. The van der Waals surface area contributed by atoms with Crippen molar-refractivity contribution in [2.24, 2.45) is 11.8 Å². The van der Waals surface area contributed by atoms with E-state index in [1.807, 2.05) is 28.8 Å². The normalized spacial score (nSPS) is 36.3. The van der Waals surface area contributed by atoms with E-state index in [0.717, 1.165) is 41.8 Å². The summed E-state index contributed by atoms with van der Waals surface area (Å²) in [5.41, 5.74) is 0.796. The topological polar surface area (TPSA) is 58.1 Å². The molecule has 1 aromatic heterocycles. The zero-order valence-corrected chi connectivity index (χ0v) is 18.5. The second-order valence-electron chi connectivity index (χ2n) is 10.8. The molecule has 5 heteroatoms. The number of hydrogen-bond acceptors (Lipinski definition) is 3. The number of aromatic amines is 1. The SMILES string of the molecule is O=c1[nH]c2ccccc2n(C2C[C@H]3CCC[C@@H](C2)N3C2C[C@H]3CCCC[C@@H](C2)C3)c1=O. The molecular formula is C26H35N3O2. The van der Waals surface area contributed by atoms with Gasteiger partial charge in [-0.05, 0) is 68.9 Å². The molecule has 4 fully saturated rings. The molecule has 0 spiro atoms. The van der Waals surface area contributed by atoms with Gasteiger partial charge in [-0.1, -0.05) is 44.2 Å². The van der Waals surface area contributed by atoms with Crippen LogP contribution in [0.5, 0.6) is 0 Å². The zero-order valence-electron chi connectivity index (χ0n) is 18.5. The van der Waals surface area contributed by atoms with Gasteiger partial charge >= 0.3 is 11.1 Å². The van der Waals surface area contributed by atoms with Gasteiger partial charge in [0.15, 0.2) is 0 Å². The van der Waals surface area contributed by atoms with Crippen molar-refractivity contribution in [2.45, 2.75) is 101 Å². The van der Waals surface area contributed by atoms with Crippen LogP contribution in [0.3, 0.4) is 0 Å². The Bertz CT molecular complexity index is 1040. The van der Waals surface area contributed by atoms with Crippen molar-refractivity contribution < 1.29 is 0 Å². The lowest BCUT2D eigenvalue weighted by Crippen LogP contribution is -2.58. The van der Waals surface area contributed by atoms with Gasteiger partial charge in [0.1, 0.15) is 0 Å². The fraction of sp³-hybridized carbons (Fsp3) is 0.692. The number of aromatic nitrogens is 2. The number of piperidine rings is 2. The summed E-state index contributed by atoms with van der Waals surface area (Å²) >= 11 is 0.